The van der Waals surface area contributed by atoms with Crippen molar-refractivity contribution in [1.82, 2.24) is 14.8 Å². The monoisotopic (exact) mass is 267 g/mol. The third kappa shape index (κ3) is 2.65. The minimum atomic E-state index is -0.306. The lowest BCUT2D eigenvalue weighted by Gasteiger charge is -2.07. The summed E-state index contributed by atoms with van der Waals surface area (Å²) in [6.07, 6.45) is 0.797. The minimum absolute atomic E-state index is 0.306. The smallest absolute Gasteiger partial charge is 0.195 e. The van der Waals surface area contributed by atoms with Gasteiger partial charge in [-0.2, -0.15) is 5.10 Å². The number of ether oxygens (including phenoxy) is 1. The first kappa shape index (κ1) is 12.9. The molecule has 4 nitrogen and oxygen atoms in total. The van der Waals surface area contributed by atoms with Crippen LogP contribution in [0.15, 0.2) is 24.3 Å². The van der Waals surface area contributed by atoms with Crippen LogP contribution in [0.25, 0.3) is 11.4 Å². The van der Waals surface area contributed by atoms with E-state index in [2.05, 4.69) is 10.2 Å². The topological polar surface area (TPSA) is 42.8 Å². The van der Waals surface area contributed by atoms with E-state index in [4.69, 9.17) is 17.0 Å². The van der Waals surface area contributed by atoms with Crippen LogP contribution in [0.2, 0.25) is 0 Å². The van der Waals surface area contributed by atoms with Gasteiger partial charge in [0, 0.05) is 20.3 Å². The van der Waals surface area contributed by atoms with E-state index in [9.17, 15) is 4.39 Å². The van der Waals surface area contributed by atoms with Crippen molar-refractivity contribution in [3.05, 3.63) is 34.9 Å². The largest absolute Gasteiger partial charge is 0.385 e. The lowest BCUT2D eigenvalue weighted by Crippen LogP contribution is -2.04. The van der Waals surface area contributed by atoms with Crippen molar-refractivity contribution in [2.75, 3.05) is 13.7 Å². The predicted molar refractivity (Wildman–Crippen MR) is 69.3 cm³/mol. The highest BCUT2D eigenvalue weighted by atomic mass is 32.1. The first-order valence-corrected chi connectivity index (χ1v) is 6.04. The molecule has 0 aliphatic carbocycles. The molecule has 0 aliphatic heterocycles. The molecule has 1 aromatic carbocycles. The summed E-state index contributed by atoms with van der Waals surface area (Å²) in [5, 5.41) is 6.79. The van der Waals surface area contributed by atoms with Crippen LogP contribution in [0.1, 0.15) is 6.42 Å². The van der Waals surface area contributed by atoms with Crippen LogP contribution in [-0.4, -0.2) is 28.5 Å². The molecule has 0 unspecified atom stereocenters. The minimum Gasteiger partial charge on any atom is -0.385 e. The van der Waals surface area contributed by atoms with Gasteiger partial charge < -0.3 is 4.74 Å². The molecular formula is C12H14FN3OS. The zero-order valence-electron chi connectivity index (χ0n) is 10.0. The quantitative estimate of drug-likeness (QED) is 0.669. The third-order valence-corrected chi connectivity index (χ3v) is 2.91. The molecule has 0 fully saturated rings. The van der Waals surface area contributed by atoms with Gasteiger partial charge in [-0.25, -0.2) is 4.39 Å². The number of aromatic nitrogens is 3. The first-order valence-electron chi connectivity index (χ1n) is 5.63. The van der Waals surface area contributed by atoms with Gasteiger partial charge in [0.15, 0.2) is 10.6 Å². The molecule has 0 spiro atoms. The number of aromatic amines is 1. The normalized spacial score (nSPS) is 10.8. The Morgan fingerprint density at radius 3 is 2.94 bits per heavy atom. The number of halogens is 1. The second-order valence-electron chi connectivity index (χ2n) is 3.83. The maximum absolute atomic E-state index is 13.7. The molecule has 0 aliphatic rings. The van der Waals surface area contributed by atoms with E-state index in [1.54, 1.807) is 29.9 Å². The highest BCUT2D eigenvalue weighted by Crippen LogP contribution is 2.20. The highest BCUT2D eigenvalue weighted by molar-refractivity contribution is 7.71. The first-order chi connectivity index (χ1) is 8.74. The number of nitrogens with zero attached hydrogens (tertiary/aromatic N) is 2. The number of rotatable bonds is 5. The number of H-pyrrole nitrogens is 1. The molecule has 1 heterocycles. The molecule has 0 atom stereocenters. The summed E-state index contributed by atoms with van der Waals surface area (Å²) < 4.78 is 21.0. The van der Waals surface area contributed by atoms with Crippen molar-refractivity contribution in [1.29, 1.82) is 0 Å². The zero-order valence-corrected chi connectivity index (χ0v) is 10.8. The standard InChI is InChI=1S/C12H14FN3OS/c1-17-8-4-7-16-11(14-15-12(16)18)9-5-2-3-6-10(9)13/h2-3,5-6H,4,7-8H2,1H3,(H,15,18). The van der Waals surface area contributed by atoms with Crippen LogP contribution in [0.5, 0.6) is 0 Å². The van der Waals surface area contributed by atoms with Crippen molar-refractivity contribution < 1.29 is 9.13 Å². The number of nitrogens with one attached hydrogen (secondary N) is 1. The fourth-order valence-corrected chi connectivity index (χ4v) is 1.96. The second-order valence-corrected chi connectivity index (χ2v) is 4.22. The summed E-state index contributed by atoms with van der Waals surface area (Å²) in [5.41, 5.74) is 0.447. The molecule has 96 valence electrons. The number of hydrogen-bond donors (Lipinski definition) is 1. The van der Waals surface area contributed by atoms with Gasteiger partial charge >= 0.3 is 0 Å². The molecule has 0 saturated heterocycles. The molecule has 1 N–H and O–H groups in total. The Labute approximate surface area is 109 Å². The Kier molecular flexibility index (Phi) is 4.22. The summed E-state index contributed by atoms with van der Waals surface area (Å²) >= 11 is 5.15. The Balaban J connectivity index is 2.34. The van der Waals surface area contributed by atoms with Gasteiger partial charge in [0.05, 0.1) is 5.56 Å². The van der Waals surface area contributed by atoms with E-state index in [-0.39, 0.29) is 5.82 Å². The predicted octanol–water partition coefficient (Wildman–Crippen LogP) is 2.78. The lowest BCUT2D eigenvalue weighted by atomic mass is 10.2. The maximum atomic E-state index is 13.7. The molecule has 2 rings (SSSR count). The van der Waals surface area contributed by atoms with E-state index in [0.717, 1.165) is 6.42 Å². The van der Waals surface area contributed by atoms with Gasteiger partial charge in [0.1, 0.15) is 5.82 Å². The van der Waals surface area contributed by atoms with Crippen LogP contribution in [0, 0.1) is 10.6 Å². The molecule has 2 aromatic rings. The molecular weight excluding hydrogens is 253 g/mol. The summed E-state index contributed by atoms with van der Waals surface area (Å²) in [7, 11) is 1.65. The van der Waals surface area contributed by atoms with Crippen LogP contribution < -0.4 is 0 Å². The molecule has 6 heteroatoms. The van der Waals surface area contributed by atoms with Crippen molar-refractivity contribution in [2.45, 2.75) is 13.0 Å². The van der Waals surface area contributed by atoms with E-state index in [1.165, 1.54) is 6.07 Å². The molecule has 0 bridgehead atoms. The summed E-state index contributed by atoms with van der Waals surface area (Å²) in [6.45, 7) is 1.27. The van der Waals surface area contributed by atoms with Crippen LogP contribution in [-0.2, 0) is 11.3 Å². The summed E-state index contributed by atoms with van der Waals surface area (Å²) in [6, 6.07) is 6.52. The van der Waals surface area contributed by atoms with Gasteiger partial charge in [0.25, 0.3) is 0 Å². The van der Waals surface area contributed by atoms with E-state index in [0.29, 0.717) is 29.3 Å². The second kappa shape index (κ2) is 5.88. The highest BCUT2D eigenvalue weighted by Gasteiger charge is 2.12. The van der Waals surface area contributed by atoms with E-state index in [1.807, 2.05) is 0 Å². The van der Waals surface area contributed by atoms with Crippen LogP contribution >= 0.6 is 12.2 Å². The van der Waals surface area contributed by atoms with Gasteiger partial charge in [-0.05, 0) is 30.8 Å². The summed E-state index contributed by atoms with van der Waals surface area (Å²) in [5.74, 6) is 0.216. The lowest BCUT2D eigenvalue weighted by molar-refractivity contribution is 0.190. The Bertz CT molecular complexity index is 579. The van der Waals surface area contributed by atoms with Crippen LogP contribution in [0.4, 0.5) is 4.39 Å². The fraction of sp³-hybridized carbons (Fsp3) is 0.333. The number of methoxy groups -OCH3 is 1. The number of benzene rings is 1. The van der Waals surface area contributed by atoms with Gasteiger partial charge in [0.2, 0.25) is 0 Å². The van der Waals surface area contributed by atoms with Gasteiger partial charge in [-0.3, -0.25) is 9.67 Å². The molecule has 0 amide bonds. The average Bonchev–Trinajstić information content (AvgIpc) is 2.72. The van der Waals surface area contributed by atoms with Crippen LogP contribution in [0.3, 0.4) is 0 Å². The third-order valence-electron chi connectivity index (χ3n) is 2.60. The summed E-state index contributed by atoms with van der Waals surface area (Å²) in [4.78, 5) is 0. The molecule has 0 radical (unpaired) electrons. The SMILES string of the molecule is COCCCn1c(-c2ccccc2F)n[nH]c1=S. The van der Waals surface area contributed by atoms with E-state index >= 15 is 0 Å². The Morgan fingerprint density at radius 2 is 2.22 bits per heavy atom. The average molecular weight is 267 g/mol. The van der Waals surface area contributed by atoms with Crippen molar-refractivity contribution in [2.24, 2.45) is 0 Å². The zero-order chi connectivity index (χ0) is 13.0. The van der Waals surface area contributed by atoms with Crippen molar-refractivity contribution >= 4 is 12.2 Å². The fourth-order valence-electron chi connectivity index (χ4n) is 1.74. The molecule has 18 heavy (non-hydrogen) atoms. The molecule has 0 saturated carbocycles. The van der Waals surface area contributed by atoms with Gasteiger partial charge in [-0.1, -0.05) is 12.1 Å². The number of hydrogen-bond acceptors (Lipinski definition) is 3. The molecule has 1 aromatic heterocycles. The van der Waals surface area contributed by atoms with Gasteiger partial charge in [-0.15, -0.1) is 0 Å². The Morgan fingerprint density at radius 1 is 1.44 bits per heavy atom. The van der Waals surface area contributed by atoms with E-state index < -0.39 is 0 Å². The maximum Gasteiger partial charge on any atom is 0.195 e. The van der Waals surface area contributed by atoms with Crippen molar-refractivity contribution in [3.63, 3.8) is 0 Å². The van der Waals surface area contributed by atoms with Crippen molar-refractivity contribution in [3.8, 4) is 11.4 Å². The Hall–Kier alpha value is -1.53.